The molecule has 19 heavy (non-hydrogen) atoms. The molecule has 6 nitrogen and oxygen atoms in total. The molecule has 4 N–H and O–H groups in total. The minimum atomic E-state index is -3.38. The standard InChI is InChI=1S/C10H18N4O2S2.HI/c1-2-5-12-10(11)13-6-7-14-18(15,16)9-4-3-8-17-9;/h3-4,8,14H,2,5-7H2,1H3,(H3,11,12,13);1H. The van der Waals surface area contributed by atoms with Crippen molar-refractivity contribution in [1.82, 2.24) is 10.0 Å². The number of nitrogens with zero attached hydrogens (tertiary/aromatic N) is 1. The van der Waals surface area contributed by atoms with Crippen molar-refractivity contribution in [3.05, 3.63) is 17.5 Å². The van der Waals surface area contributed by atoms with Crippen molar-refractivity contribution >= 4 is 51.3 Å². The first-order valence-corrected chi connectivity index (χ1v) is 7.99. The molecule has 0 atom stereocenters. The largest absolute Gasteiger partial charge is 0.370 e. The summed E-state index contributed by atoms with van der Waals surface area (Å²) in [6.45, 7) is 3.35. The van der Waals surface area contributed by atoms with Crippen molar-refractivity contribution in [2.24, 2.45) is 10.7 Å². The fourth-order valence-electron chi connectivity index (χ4n) is 1.15. The van der Waals surface area contributed by atoms with E-state index in [1.807, 2.05) is 6.92 Å². The van der Waals surface area contributed by atoms with Crippen LogP contribution in [0, 0.1) is 0 Å². The van der Waals surface area contributed by atoms with E-state index in [1.54, 1.807) is 17.5 Å². The van der Waals surface area contributed by atoms with Crippen LogP contribution in [0.4, 0.5) is 0 Å². The van der Waals surface area contributed by atoms with E-state index in [2.05, 4.69) is 15.0 Å². The number of sulfonamides is 1. The number of halogens is 1. The highest BCUT2D eigenvalue weighted by Crippen LogP contribution is 2.14. The molecule has 0 radical (unpaired) electrons. The quantitative estimate of drug-likeness (QED) is 0.266. The number of thiophene rings is 1. The van der Waals surface area contributed by atoms with E-state index in [4.69, 9.17) is 5.73 Å². The van der Waals surface area contributed by atoms with E-state index >= 15 is 0 Å². The SMILES string of the molecule is CCCN=C(N)NCCNS(=O)(=O)c1cccs1.I. The van der Waals surface area contributed by atoms with Gasteiger partial charge in [0.15, 0.2) is 5.96 Å². The summed E-state index contributed by atoms with van der Waals surface area (Å²) in [7, 11) is -3.38. The molecule has 9 heteroatoms. The third-order valence-electron chi connectivity index (χ3n) is 1.99. The van der Waals surface area contributed by atoms with Crippen LogP contribution in [0.2, 0.25) is 0 Å². The summed E-state index contributed by atoms with van der Waals surface area (Å²) in [5.74, 6) is 0.340. The third kappa shape index (κ3) is 7.09. The summed E-state index contributed by atoms with van der Waals surface area (Å²) in [6, 6.07) is 3.27. The summed E-state index contributed by atoms with van der Waals surface area (Å²) >= 11 is 1.19. The highest BCUT2D eigenvalue weighted by Gasteiger charge is 2.13. The van der Waals surface area contributed by atoms with Crippen molar-refractivity contribution in [1.29, 1.82) is 0 Å². The number of nitrogens with one attached hydrogen (secondary N) is 2. The fraction of sp³-hybridized carbons (Fsp3) is 0.500. The summed E-state index contributed by atoms with van der Waals surface area (Å²) in [5.41, 5.74) is 5.57. The average molecular weight is 418 g/mol. The van der Waals surface area contributed by atoms with E-state index in [-0.39, 0.29) is 30.5 Å². The van der Waals surface area contributed by atoms with Gasteiger partial charge in [-0.3, -0.25) is 4.99 Å². The summed E-state index contributed by atoms with van der Waals surface area (Å²) in [6.07, 6.45) is 0.924. The van der Waals surface area contributed by atoms with Gasteiger partial charge >= 0.3 is 0 Å². The predicted octanol–water partition coefficient (Wildman–Crippen LogP) is 0.959. The lowest BCUT2D eigenvalue weighted by molar-refractivity contribution is 0.583. The lowest BCUT2D eigenvalue weighted by Gasteiger charge is -2.07. The Morgan fingerprint density at radius 3 is 2.79 bits per heavy atom. The molecule has 1 rings (SSSR count). The molecule has 1 aromatic heterocycles. The Kier molecular flexibility index (Phi) is 9.31. The van der Waals surface area contributed by atoms with Crippen LogP contribution >= 0.6 is 35.3 Å². The Morgan fingerprint density at radius 2 is 2.21 bits per heavy atom. The molecular weight excluding hydrogens is 399 g/mol. The molecule has 0 unspecified atom stereocenters. The van der Waals surface area contributed by atoms with Gasteiger partial charge in [0.05, 0.1) is 0 Å². The molecule has 0 aromatic carbocycles. The zero-order valence-corrected chi connectivity index (χ0v) is 14.6. The van der Waals surface area contributed by atoms with Crippen molar-refractivity contribution in [3.63, 3.8) is 0 Å². The second-order valence-corrected chi connectivity index (χ2v) is 6.47. The van der Waals surface area contributed by atoms with Crippen LogP contribution in [0.5, 0.6) is 0 Å². The third-order valence-corrected chi connectivity index (χ3v) is 4.85. The lowest BCUT2D eigenvalue weighted by atomic mass is 10.5. The molecule has 0 fully saturated rings. The van der Waals surface area contributed by atoms with E-state index in [0.717, 1.165) is 6.42 Å². The van der Waals surface area contributed by atoms with E-state index < -0.39 is 10.0 Å². The summed E-state index contributed by atoms with van der Waals surface area (Å²) in [5, 5.41) is 4.56. The van der Waals surface area contributed by atoms with Gasteiger partial charge in [0.2, 0.25) is 10.0 Å². The summed E-state index contributed by atoms with van der Waals surface area (Å²) < 4.78 is 26.2. The Morgan fingerprint density at radius 1 is 1.47 bits per heavy atom. The number of hydrogen-bond acceptors (Lipinski definition) is 4. The first-order chi connectivity index (χ1) is 8.56. The minimum absolute atomic E-state index is 0. The van der Waals surface area contributed by atoms with Crippen LogP contribution in [0.3, 0.4) is 0 Å². The molecule has 0 amide bonds. The molecular formula is C10H19IN4O2S2. The average Bonchev–Trinajstić information content (AvgIpc) is 2.86. The molecule has 1 heterocycles. The molecule has 0 spiro atoms. The number of guanidine groups is 1. The van der Waals surface area contributed by atoms with Gasteiger partial charge in [-0.1, -0.05) is 13.0 Å². The first-order valence-electron chi connectivity index (χ1n) is 5.63. The summed E-state index contributed by atoms with van der Waals surface area (Å²) in [4.78, 5) is 4.03. The zero-order valence-electron chi connectivity index (χ0n) is 10.6. The van der Waals surface area contributed by atoms with E-state index in [9.17, 15) is 8.42 Å². The highest BCUT2D eigenvalue weighted by molar-refractivity contribution is 14.0. The van der Waals surface area contributed by atoms with E-state index in [1.165, 1.54) is 11.3 Å². The Balaban J connectivity index is 0.00000324. The van der Waals surface area contributed by atoms with Crippen LogP contribution in [0.25, 0.3) is 0 Å². The molecule has 0 aliphatic carbocycles. The fourth-order valence-corrected chi connectivity index (χ4v) is 3.22. The second-order valence-electron chi connectivity index (χ2n) is 3.52. The maximum Gasteiger partial charge on any atom is 0.250 e. The topological polar surface area (TPSA) is 96.6 Å². The monoisotopic (exact) mass is 418 g/mol. The Bertz CT molecular complexity index is 474. The van der Waals surface area contributed by atoms with Crippen LogP contribution < -0.4 is 15.8 Å². The van der Waals surface area contributed by atoms with Crippen LogP contribution in [-0.4, -0.2) is 34.0 Å². The van der Waals surface area contributed by atoms with Crippen molar-refractivity contribution in [2.45, 2.75) is 17.6 Å². The van der Waals surface area contributed by atoms with Gasteiger partial charge in [-0.25, -0.2) is 13.1 Å². The number of rotatable bonds is 7. The van der Waals surface area contributed by atoms with Gasteiger partial charge < -0.3 is 11.1 Å². The molecule has 0 bridgehead atoms. The van der Waals surface area contributed by atoms with E-state index in [0.29, 0.717) is 23.3 Å². The first kappa shape index (κ1) is 18.6. The normalized spacial score (nSPS) is 11.9. The lowest BCUT2D eigenvalue weighted by Crippen LogP contribution is -2.38. The maximum absolute atomic E-state index is 11.7. The number of aliphatic imine (C=N–C) groups is 1. The number of hydrogen-bond donors (Lipinski definition) is 3. The minimum Gasteiger partial charge on any atom is -0.370 e. The van der Waals surface area contributed by atoms with Crippen molar-refractivity contribution in [2.75, 3.05) is 19.6 Å². The molecule has 1 aromatic rings. The Hall–Kier alpha value is -0.390. The van der Waals surface area contributed by atoms with Gasteiger partial charge in [-0.2, -0.15) is 0 Å². The molecule has 0 aliphatic heterocycles. The van der Waals surface area contributed by atoms with Crippen LogP contribution in [0.1, 0.15) is 13.3 Å². The molecule has 0 aliphatic rings. The van der Waals surface area contributed by atoms with Gasteiger partial charge in [-0.05, 0) is 17.9 Å². The maximum atomic E-state index is 11.7. The number of nitrogens with two attached hydrogens (primary N) is 1. The smallest absolute Gasteiger partial charge is 0.250 e. The van der Waals surface area contributed by atoms with Crippen molar-refractivity contribution in [3.8, 4) is 0 Å². The van der Waals surface area contributed by atoms with Gasteiger partial charge in [0.1, 0.15) is 4.21 Å². The van der Waals surface area contributed by atoms with Crippen molar-refractivity contribution < 1.29 is 8.42 Å². The molecule has 0 saturated carbocycles. The van der Waals surface area contributed by atoms with Gasteiger partial charge in [0, 0.05) is 19.6 Å². The predicted molar refractivity (Wildman–Crippen MR) is 89.7 cm³/mol. The second kappa shape index (κ2) is 9.50. The molecule has 0 saturated heterocycles. The van der Waals surface area contributed by atoms with Crippen LogP contribution in [0.15, 0.2) is 26.7 Å². The van der Waals surface area contributed by atoms with Crippen LogP contribution in [-0.2, 0) is 10.0 Å². The van der Waals surface area contributed by atoms with Gasteiger partial charge in [0.25, 0.3) is 0 Å². The highest BCUT2D eigenvalue weighted by atomic mass is 127. The Labute approximate surface area is 135 Å². The van der Waals surface area contributed by atoms with Gasteiger partial charge in [-0.15, -0.1) is 35.3 Å². The molecule has 110 valence electrons. The zero-order chi connectivity index (χ0) is 13.4.